The molecule has 2 aromatic carbocycles. The molecule has 0 saturated carbocycles. The van der Waals surface area contributed by atoms with E-state index in [1.165, 1.54) is 0 Å². The summed E-state index contributed by atoms with van der Waals surface area (Å²) in [7, 11) is 3.45. The average Bonchev–Trinajstić information content (AvgIpc) is 2.66. The first kappa shape index (κ1) is 21.0. The lowest BCUT2D eigenvalue weighted by molar-refractivity contribution is 0.109. The van der Waals surface area contributed by atoms with Crippen LogP contribution in [-0.4, -0.2) is 43.5 Å². The lowest BCUT2D eigenvalue weighted by Crippen LogP contribution is -2.29. The Balaban J connectivity index is 0.00000261. The molecular formula is C21H25ClN2O3. The second-order valence-electron chi connectivity index (χ2n) is 6.28. The van der Waals surface area contributed by atoms with Gasteiger partial charge in [0.15, 0.2) is 0 Å². The van der Waals surface area contributed by atoms with Gasteiger partial charge in [-0.2, -0.15) is 0 Å². The standard InChI is InChI=1S/C21H24N2O3.ClH/c1-14-4-9-18-20(10-14)23-19(15-5-7-17(25-3)8-6-15)11-21(18)26-13-16(24)12-22-2;/h4-11,16,22,24H,12-13H2,1-3H3;1H. The molecule has 2 N–H and O–H groups in total. The maximum atomic E-state index is 9.95. The number of aliphatic hydroxyl groups is 1. The van der Waals surface area contributed by atoms with Gasteiger partial charge in [0, 0.05) is 23.6 Å². The zero-order valence-corrected chi connectivity index (χ0v) is 16.5. The van der Waals surface area contributed by atoms with Crippen LogP contribution in [0.1, 0.15) is 5.56 Å². The Labute approximate surface area is 165 Å². The number of ether oxygens (including phenoxy) is 2. The number of methoxy groups -OCH3 is 1. The van der Waals surface area contributed by atoms with Crippen molar-refractivity contribution in [2.75, 3.05) is 27.3 Å². The maximum Gasteiger partial charge on any atom is 0.131 e. The van der Waals surface area contributed by atoms with Gasteiger partial charge in [-0.1, -0.05) is 6.07 Å². The molecule has 0 aliphatic rings. The Morgan fingerprint density at radius 1 is 1.11 bits per heavy atom. The molecule has 0 saturated heterocycles. The van der Waals surface area contributed by atoms with E-state index in [4.69, 9.17) is 14.5 Å². The summed E-state index contributed by atoms with van der Waals surface area (Å²) in [5.41, 5.74) is 3.81. The molecule has 0 spiro atoms. The van der Waals surface area contributed by atoms with E-state index < -0.39 is 6.10 Å². The van der Waals surface area contributed by atoms with Crippen molar-refractivity contribution < 1.29 is 14.6 Å². The third-order valence-corrected chi connectivity index (χ3v) is 4.18. The lowest BCUT2D eigenvalue weighted by atomic mass is 10.1. The minimum Gasteiger partial charge on any atom is -0.497 e. The lowest BCUT2D eigenvalue weighted by Gasteiger charge is -2.15. The topological polar surface area (TPSA) is 63.6 Å². The maximum absolute atomic E-state index is 9.95. The van der Waals surface area contributed by atoms with Crippen LogP contribution in [0.5, 0.6) is 11.5 Å². The highest BCUT2D eigenvalue weighted by atomic mass is 35.5. The predicted octanol–water partition coefficient (Wildman–Crippen LogP) is 3.60. The molecule has 144 valence electrons. The minimum absolute atomic E-state index is 0. The van der Waals surface area contributed by atoms with Gasteiger partial charge < -0.3 is 19.9 Å². The van der Waals surface area contributed by atoms with Gasteiger partial charge >= 0.3 is 0 Å². The molecular weight excluding hydrogens is 364 g/mol. The number of aromatic nitrogens is 1. The summed E-state index contributed by atoms with van der Waals surface area (Å²) in [5.74, 6) is 1.52. The van der Waals surface area contributed by atoms with Crippen LogP contribution in [0.2, 0.25) is 0 Å². The second kappa shape index (κ2) is 9.55. The normalized spacial score (nSPS) is 11.7. The first-order valence-electron chi connectivity index (χ1n) is 8.62. The number of hydrogen-bond acceptors (Lipinski definition) is 5. The molecule has 1 atom stereocenters. The van der Waals surface area contributed by atoms with E-state index in [0.717, 1.165) is 39.2 Å². The van der Waals surface area contributed by atoms with Gasteiger partial charge in [-0.25, -0.2) is 4.98 Å². The number of benzene rings is 2. The number of fused-ring (bicyclic) bond motifs is 1. The summed E-state index contributed by atoms with van der Waals surface area (Å²) in [6, 6.07) is 15.8. The largest absolute Gasteiger partial charge is 0.497 e. The van der Waals surface area contributed by atoms with Crippen LogP contribution in [-0.2, 0) is 0 Å². The van der Waals surface area contributed by atoms with Crippen LogP contribution in [0.3, 0.4) is 0 Å². The van der Waals surface area contributed by atoms with E-state index in [-0.39, 0.29) is 19.0 Å². The van der Waals surface area contributed by atoms with Crippen LogP contribution in [0.4, 0.5) is 0 Å². The molecule has 0 aliphatic carbocycles. The predicted molar refractivity (Wildman–Crippen MR) is 111 cm³/mol. The number of halogens is 1. The number of hydrogen-bond donors (Lipinski definition) is 2. The Bertz CT molecular complexity index is 884. The van der Waals surface area contributed by atoms with Crippen LogP contribution >= 0.6 is 12.4 Å². The molecule has 3 rings (SSSR count). The monoisotopic (exact) mass is 388 g/mol. The summed E-state index contributed by atoms with van der Waals surface area (Å²) < 4.78 is 11.1. The van der Waals surface area contributed by atoms with Crippen molar-refractivity contribution in [3.8, 4) is 22.8 Å². The molecule has 1 aromatic heterocycles. The third-order valence-electron chi connectivity index (χ3n) is 4.18. The van der Waals surface area contributed by atoms with E-state index in [1.54, 1.807) is 14.2 Å². The fraction of sp³-hybridized carbons (Fsp3) is 0.286. The zero-order valence-electron chi connectivity index (χ0n) is 15.7. The molecule has 0 bridgehead atoms. The van der Waals surface area contributed by atoms with Crippen LogP contribution < -0.4 is 14.8 Å². The number of likely N-dealkylation sites (N-methyl/N-ethyl adjacent to an activating group) is 1. The van der Waals surface area contributed by atoms with Crippen molar-refractivity contribution in [1.82, 2.24) is 10.3 Å². The molecule has 0 radical (unpaired) electrons. The van der Waals surface area contributed by atoms with Crippen molar-refractivity contribution in [1.29, 1.82) is 0 Å². The van der Waals surface area contributed by atoms with Crippen molar-refractivity contribution in [3.05, 3.63) is 54.1 Å². The van der Waals surface area contributed by atoms with Crippen molar-refractivity contribution >= 4 is 23.3 Å². The fourth-order valence-electron chi connectivity index (χ4n) is 2.82. The average molecular weight is 389 g/mol. The zero-order chi connectivity index (χ0) is 18.5. The van der Waals surface area contributed by atoms with Crippen molar-refractivity contribution in [2.24, 2.45) is 0 Å². The first-order valence-corrected chi connectivity index (χ1v) is 8.62. The smallest absolute Gasteiger partial charge is 0.131 e. The summed E-state index contributed by atoms with van der Waals surface area (Å²) >= 11 is 0. The molecule has 27 heavy (non-hydrogen) atoms. The van der Waals surface area contributed by atoms with E-state index in [2.05, 4.69) is 5.32 Å². The van der Waals surface area contributed by atoms with Crippen molar-refractivity contribution in [2.45, 2.75) is 13.0 Å². The van der Waals surface area contributed by atoms with Gasteiger partial charge in [0.2, 0.25) is 0 Å². The van der Waals surface area contributed by atoms with E-state index in [1.807, 2.05) is 55.5 Å². The highest BCUT2D eigenvalue weighted by Gasteiger charge is 2.11. The van der Waals surface area contributed by atoms with Gasteiger partial charge in [-0.3, -0.25) is 0 Å². The van der Waals surface area contributed by atoms with E-state index in [9.17, 15) is 5.11 Å². The first-order chi connectivity index (χ1) is 12.6. The molecule has 6 heteroatoms. The molecule has 1 heterocycles. The SMILES string of the molecule is CNCC(O)COc1cc(-c2ccc(OC)cc2)nc2cc(C)ccc12.Cl. The second-order valence-corrected chi connectivity index (χ2v) is 6.28. The minimum atomic E-state index is -0.571. The van der Waals surface area contributed by atoms with Gasteiger partial charge in [0.05, 0.1) is 18.3 Å². The Hall–Kier alpha value is -2.34. The highest BCUT2D eigenvalue weighted by Crippen LogP contribution is 2.31. The fourth-order valence-corrected chi connectivity index (χ4v) is 2.82. The van der Waals surface area contributed by atoms with Gasteiger partial charge in [0.1, 0.15) is 24.2 Å². The summed E-state index contributed by atoms with van der Waals surface area (Å²) in [6.45, 7) is 2.74. The third kappa shape index (κ3) is 5.10. The molecule has 0 fully saturated rings. The number of aliphatic hydroxyl groups excluding tert-OH is 1. The van der Waals surface area contributed by atoms with Crippen LogP contribution in [0.15, 0.2) is 48.5 Å². The van der Waals surface area contributed by atoms with Crippen LogP contribution in [0.25, 0.3) is 22.2 Å². The summed E-state index contributed by atoms with van der Waals surface area (Å²) in [5, 5.41) is 13.8. The molecule has 0 aliphatic heterocycles. The highest BCUT2D eigenvalue weighted by molar-refractivity contribution is 5.88. The number of pyridine rings is 1. The van der Waals surface area contributed by atoms with E-state index in [0.29, 0.717) is 6.54 Å². The van der Waals surface area contributed by atoms with Crippen LogP contribution in [0, 0.1) is 6.92 Å². The van der Waals surface area contributed by atoms with Gasteiger partial charge in [0.25, 0.3) is 0 Å². The van der Waals surface area contributed by atoms with E-state index >= 15 is 0 Å². The quantitative estimate of drug-likeness (QED) is 0.647. The van der Waals surface area contributed by atoms with Gasteiger partial charge in [-0.05, 0) is 55.9 Å². The Kier molecular flexibility index (Phi) is 7.42. The molecule has 1 unspecified atom stereocenters. The number of aryl methyl sites for hydroxylation is 1. The summed E-state index contributed by atoms with van der Waals surface area (Å²) in [4.78, 5) is 4.79. The van der Waals surface area contributed by atoms with Crippen molar-refractivity contribution in [3.63, 3.8) is 0 Å². The Morgan fingerprint density at radius 2 is 1.85 bits per heavy atom. The molecule has 0 amide bonds. The number of nitrogens with one attached hydrogen (secondary N) is 1. The Morgan fingerprint density at radius 3 is 2.52 bits per heavy atom. The number of rotatable bonds is 7. The van der Waals surface area contributed by atoms with Gasteiger partial charge in [-0.15, -0.1) is 12.4 Å². The molecule has 3 aromatic rings. The number of nitrogens with zero attached hydrogens (tertiary/aromatic N) is 1. The summed E-state index contributed by atoms with van der Waals surface area (Å²) in [6.07, 6.45) is -0.571. The molecule has 5 nitrogen and oxygen atoms in total.